The summed E-state index contributed by atoms with van der Waals surface area (Å²) in [5.74, 6) is 0. The van der Waals surface area contributed by atoms with Crippen molar-refractivity contribution in [1.82, 2.24) is 0 Å². The molecular weight excluding hydrogens is 639 g/mol. The zero-order valence-corrected chi connectivity index (χ0v) is 29.2. The van der Waals surface area contributed by atoms with Crippen molar-refractivity contribution < 1.29 is 0 Å². The highest BCUT2D eigenvalue weighted by Gasteiger charge is 2.16. The predicted octanol–water partition coefficient (Wildman–Crippen LogP) is 14.8. The highest BCUT2D eigenvalue weighted by atomic mass is 15.1. The Kier molecular flexibility index (Phi) is 7.55. The third kappa shape index (κ3) is 5.60. The fourth-order valence-electron chi connectivity index (χ4n) is 7.96. The summed E-state index contributed by atoms with van der Waals surface area (Å²) in [6.45, 7) is 0. The molecule has 0 saturated heterocycles. The fraction of sp³-hybridized carbons (Fsp3) is 0. The molecule has 0 unspecified atom stereocenters. The van der Waals surface area contributed by atoms with Crippen molar-refractivity contribution >= 4 is 60.2 Å². The van der Waals surface area contributed by atoms with Crippen molar-refractivity contribution in [3.05, 3.63) is 212 Å². The number of anilines is 3. The Morgan fingerprint density at radius 1 is 0.208 bits per heavy atom. The summed E-state index contributed by atoms with van der Waals surface area (Å²) in [6, 6.07) is 77.2. The van der Waals surface area contributed by atoms with Crippen LogP contribution in [-0.2, 0) is 0 Å². The van der Waals surface area contributed by atoms with Crippen molar-refractivity contribution in [2.75, 3.05) is 4.90 Å². The second-order valence-corrected chi connectivity index (χ2v) is 13.8. The first-order valence-electron chi connectivity index (χ1n) is 18.3. The molecular formula is C52H35N. The van der Waals surface area contributed by atoms with Gasteiger partial charge in [0.25, 0.3) is 0 Å². The second-order valence-electron chi connectivity index (χ2n) is 13.8. The Morgan fingerprint density at radius 3 is 1.15 bits per heavy atom. The first kappa shape index (κ1) is 30.8. The summed E-state index contributed by atoms with van der Waals surface area (Å²) < 4.78 is 0. The topological polar surface area (TPSA) is 3.24 Å². The van der Waals surface area contributed by atoms with Gasteiger partial charge in [-0.15, -0.1) is 0 Å². The number of rotatable bonds is 6. The van der Waals surface area contributed by atoms with Crippen molar-refractivity contribution in [2.45, 2.75) is 0 Å². The van der Waals surface area contributed by atoms with E-state index in [1.807, 2.05) is 0 Å². The summed E-state index contributed by atoms with van der Waals surface area (Å²) in [5, 5.41) is 10.3. The maximum absolute atomic E-state index is 2.39. The van der Waals surface area contributed by atoms with Gasteiger partial charge >= 0.3 is 0 Å². The predicted molar refractivity (Wildman–Crippen MR) is 227 cm³/mol. The van der Waals surface area contributed by atoms with Gasteiger partial charge in [-0.05, 0) is 131 Å². The van der Waals surface area contributed by atoms with Crippen LogP contribution in [0.5, 0.6) is 0 Å². The fourth-order valence-corrected chi connectivity index (χ4v) is 7.96. The molecule has 10 rings (SSSR count). The quantitative estimate of drug-likeness (QED) is 0.125. The van der Waals surface area contributed by atoms with Crippen LogP contribution in [-0.4, -0.2) is 0 Å². The lowest BCUT2D eigenvalue weighted by atomic mass is 9.90. The molecule has 1 heteroatoms. The Morgan fingerprint density at radius 2 is 0.604 bits per heavy atom. The Bertz CT molecular complexity index is 2830. The number of fused-ring (bicyclic) bond motifs is 7. The normalized spacial score (nSPS) is 11.4. The molecule has 0 aliphatic carbocycles. The zero-order chi connectivity index (χ0) is 35.1. The molecule has 0 radical (unpaired) electrons. The van der Waals surface area contributed by atoms with Gasteiger partial charge in [-0.2, -0.15) is 0 Å². The van der Waals surface area contributed by atoms with E-state index in [0.717, 1.165) is 17.1 Å². The average molecular weight is 674 g/mol. The summed E-state index contributed by atoms with van der Waals surface area (Å²) >= 11 is 0. The van der Waals surface area contributed by atoms with Crippen molar-refractivity contribution in [1.29, 1.82) is 0 Å². The third-order valence-electron chi connectivity index (χ3n) is 10.6. The lowest BCUT2D eigenvalue weighted by molar-refractivity contribution is 1.28. The maximum atomic E-state index is 2.39. The zero-order valence-electron chi connectivity index (χ0n) is 29.2. The van der Waals surface area contributed by atoms with E-state index in [0.29, 0.717) is 0 Å². The van der Waals surface area contributed by atoms with Crippen LogP contribution in [0.15, 0.2) is 212 Å². The molecule has 0 bridgehead atoms. The SMILES string of the molecule is c1ccc(-c2ccc(N(c3ccc(-c4ccccc4)cc3)c3cccc(-c4ccc5c(c4)c4ccccc4c4cc6ccccc6cc54)c3)cc2)cc1. The van der Waals surface area contributed by atoms with Crippen molar-refractivity contribution in [2.24, 2.45) is 0 Å². The smallest absolute Gasteiger partial charge is 0.0467 e. The maximum Gasteiger partial charge on any atom is 0.0467 e. The van der Waals surface area contributed by atoms with Gasteiger partial charge in [0.1, 0.15) is 0 Å². The van der Waals surface area contributed by atoms with Crippen LogP contribution in [0, 0.1) is 0 Å². The van der Waals surface area contributed by atoms with Crippen LogP contribution < -0.4 is 4.90 Å². The molecule has 1 nitrogen and oxygen atoms in total. The van der Waals surface area contributed by atoms with Crippen LogP contribution in [0.1, 0.15) is 0 Å². The van der Waals surface area contributed by atoms with Gasteiger partial charge in [0.05, 0.1) is 0 Å². The van der Waals surface area contributed by atoms with E-state index >= 15 is 0 Å². The molecule has 0 N–H and O–H groups in total. The van der Waals surface area contributed by atoms with Gasteiger partial charge in [-0.25, -0.2) is 0 Å². The minimum atomic E-state index is 1.11. The van der Waals surface area contributed by atoms with E-state index in [9.17, 15) is 0 Å². The monoisotopic (exact) mass is 673 g/mol. The first-order valence-corrected chi connectivity index (χ1v) is 18.3. The average Bonchev–Trinajstić information content (AvgIpc) is 3.24. The molecule has 0 aliphatic rings. The Hall–Kier alpha value is -6.96. The number of nitrogens with zero attached hydrogens (tertiary/aromatic N) is 1. The van der Waals surface area contributed by atoms with Gasteiger partial charge in [0.15, 0.2) is 0 Å². The van der Waals surface area contributed by atoms with E-state index in [-0.39, 0.29) is 0 Å². The highest BCUT2D eigenvalue weighted by Crippen LogP contribution is 2.41. The molecule has 0 spiro atoms. The molecule has 0 aliphatic heterocycles. The largest absolute Gasteiger partial charge is 0.310 e. The molecule has 0 fully saturated rings. The second kappa shape index (κ2) is 13.0. The minimum Gasteiger partial charge on any atom is -0.310 e. The molecule has 0 saturated carbocycles. The summed E-state index contributed by atoms with van der Waals surface area (Å²) in [4.78, 5) is 2.36. The molecule has 0 atom stereocenters. The van der Waals surface area contributed by atoms with E-state index in [1.165, 1.54) is 76.5 Å². The summed E-state index contributed by atoms with van der Waals surface area (Å²) in [5.41, 5.74) is 10.5. The number of hydrogen-bond acceptors (Lipinski definition) is 1. The summed E-state index contributed by atoms with van der Waals surface area (Å²) in [7, 11) is 0. The Balaban J connectivity index is 1.10. The van der Waals surface area contributed by atoms with Crippen LogP contribution in [0.3, 0.4) is 0 Å². The van der Waals surface area contributed by atoms with E-state index in [2.05, 4.69) is 217 Å². The van der Waals surface area contributed by atoms with Gasteiger partial charge in [0, 0.05) is 17.1 Å². The highest BCUT2D eigenvalue weighted by molar-refractivity contribution is 6.27. The van der Waals surface area contributed by atoms with Crippen LogP contribution in [0.4, 0.5) is 17.1 Å². The molecule has 53 heavy (non-hydrogen) atoms. The standard InChI is InChI=1S/C52H35N/c1-3-12-36(13-4-1)38-22-27-44(28-23-38)53(45-29-24-39(25-30-45)37-14-5-2-6-15-37)46-19-11-18-40(32-46)43-26-31-49-50(35-43)47-20-9-10-21-48(47)51-33-41-16-7-8-17-42(41)34-52(49)51/h1-35H. The van der Waals surface area contributed by atoms with Crippen LogP contribution >= 0.6 is 0 Å². The number of hydrogen-bond donors (Lipinski definition) is 0. The lowest BCUT2D eigenvalue weighted by Gasteiger charge is -2.26. The van der Waals surface area contributed by atoms with Gasteiger partial charge in [-0.1, -0.05) is 158 Å². The van der Waals surface area contributed by atoms with Crippen molar-refractivity contribution in [3.63, 3.8) is 0 Å². The molecule has 0 aromatic heterocycles. The molecule has 10 aromatic rings. The van der Waals surface area contributed by atoms with Gasteiger partial charge in [-0.3, -0.25) is 0 Å². The van der Waals surface area contributed by atoms with E-state index in [4.69, 9.17) is 0 Å². The van der Waals surface area contributed by atoms with Gasteiger partial charge < -0.3 is 4.90 Å². The van der Waals surface area contributed by atoms with E-state index in [1.54, 1.807) is 0 Å². The molecule has 0 heterocycles. The lowest BCUT2D eigenvalue weighted by Crippen LogP contribution is -2.10. The summed E-state index contributed by atoms with van der Waals surface area (Å²) in [6.07, 6.45) is 0. The third-order valence-corrected chi connectivity index (χ3v) is 10.6. The van der Waals surface area contributed by atoms with Crippen LogP contribution in [0.25, 0.3) is 76.5 Å². The van der Waals surface area contributed by atoms with E-state index < -0.39 is 0 Å². The molecule has 10 aromatic carbocycles. The minimum absolute atomic E-state index is 1.11. The Labute approximate surface area is 309 Å². The molecule has 248 valence electrons. The number of benzene rings is 10. The van der Waals surface area contributed by atoms with Crippen molar-refractivity contribution in [3.8, 4) is 33.4 Å². The first-order chi connectivity index (χ1) is 26.3. The van der Waals surface area contributed by atoms with Gasteiger partial charge in [0.2, 0.25) is 0 Å². The van der Waals surface area contributed by atoms with Crippen LogP contribution in [0.2, 0.25) is 0 Å². The molecule has 0 amide bonds.